The molecule has 1 aromatic heterocycles. The molecular formula is C17H20N2O2S. The molecule has 1 aliphatic rings. The molecule has 2 aromatic rings. The van der Waals surface area contributed by atoms with Crippen LogP contribution in [0.5, 0.6) is 0 Å². The van der Waals surface area contributed by atoms with Crippen molar-refractivity contribution >= 4 is 18.0 Å². The molecule has 1 heterocycles. The van der Waals surface area contributed by atoms with Crippen LogP contribution in [0.2, 0.25) is 0 Å². The van der Waals surface area contributed by atoms with Gasteiger partial charge in [0.25, 0.3) is 0 Å². The smallest absolute Gasteiger partial charge is 0.226 e. The molecule has 4 nitrogen and oxygen atoms in total. The number of aromatic nitrogens is 1. The SMILES string of the molecule is Cc1oc(-c2ccc(CNC3CC3)cc2)nc1CSCC=O. The third-order valence-electron chi connectivity index (χ3n) is 3.69. The van der Waals surface area contributed by atoms with Gasteiger partial charge in [0.05, 0.1) is 5.69 Å². The van der Waals surface area contributed by atoms with Crippen LogP contribution in [-0.2, 0) is 17.1 Å². The van der Waals surface area contributed by atoms with Crippen molar-refractivity contribution in [2.75, 3.05) is 5.75 Å². The Labute approximate surface area is 134 Å². The summed E-state index contributed by atoms with van der Waals surface area (Å²) in [5.74, 6) is 2.68. The first-order chi connectivity index (χ1) is 10.8. The number of carbonyl (C=O) groups is 1. The van der Waals surface area contributed by atoms with E-state index >= 15 is 0 Å². The molecule has 0 aliphatic heterocycles. The number of oxazole rings is 1. The topological polar surface area (TPSA) is 55.1 Å². The minimum Gasteiger partial charge on any atom is -0.441 e. The Morgan fingerprint density at radius 1 is 1.36 bits per heavy atom. The Bertz CT molecular complexity index is 633. The van der Waals surface area contributed by atoms with E-state index in [1.807, 2.05) is 6.92 Å². The first-order valence-corrected chi connectivity index (χ1v) is 8.72. The van der Waals surface area contributed by atoms with E-state index in [-0.39, 0.29) is 0 Å². The van der Waals surface area contributed by atoms with E-state index in [2.05, 4.69) is 34.6 Å². The summed E-state index contributed by atoms with van der Waals surface area (Å²) in [5, 5.41) is 3.50. The molecule has 1 N–H and O–H groups in total. The fraction of sp³-hybridized carbons (Fsp3) is 0.412. The van der Waals surface area contributed by atoms with Crippen molar-refractivity contribution in [1.29, 1.82) is 0 Å². The molecular weight excluding hydrogens is 296 g/mol. The number of nitrogens with zero attached hydrogens (tertiary/aromatic N) is 1. The highest BCUT2D eigenvalue weighted by Gasteiger charge is 2.19. The molecule has 0 unspecified atom stereocenters. The number of aldehydes is 1. The van der Waals surface area contributed by atoms with Gasteiger partial charge in [-0.05, 0) is 37.5 Å². The van der Waals surface area contributed by atoms with Crippen molar-refractivity contribution in [3.05, 3.63) is 41.3 Å². The number of nitrogens with one attached hydrogen (secondary N) is 1. The Balaban J connectivity index is 1.64. The van der Waals surface area contributed by atoms with Crippen LogP contribution in [0.1, 0.15) is 29.9 Å². The minimum absolute atomic E-state index is 0.490. The van der Waals surface area contributed by atoms with Gasteiger partial charge in [-0.25, -0.2) is 4.98 Å². The fourth-order valence-corrected chi connectivity index (χ4v) is 2.88. The number of hydrogen-bond donors (Lipinski definition) is 1. The van der Waals surface area contributed by atoms with Crippen LogP contribution in [0.15, 0.2) is 28.7 Å². The molecule has 0 atom stereocenters. The second kappa shape index (κ2) is 7.11. The molecule has 0 radical (unpaired) electrons. The van der Waals surface area contributed by atoms with Gasteiger partial charge in [0, 0.05) is 29.7 Å². The highest BCUT2D eigenvalue weighted by molar-refractivity contribution is 7.99. The average Bonchev–Trinajstić information content (AvgIpc) is 3.29. The molecule has 116 valence electrons. The molecule has 1 fully saturated rings. The van der Waals surface area contributed by atoms with E-state index in [0.717, 1.165) is 35.9 Å². The van der Waals surface area contributed by atoms with Crippen molar-refractivity contribution in [2.24, 2.45) is 0 Å². The Morgan fingerprint density at radius 3 is 2.82 bits per heavy atom. The van der Waals surface area contributed by atoms with Crippen molar-refractivity contribution in [2.45, 2.75) is 38.1 Å². The maximum Gasteiger partial charge on any atom is 0.226 e. The Kier molecular flexibility index (Phi) is 4.95. The summed E-state index contributed by atoms with van der Waals surface area (Å²) in [6, 6.07) is 9.06. The van der Waals surface area contributed by atoms with Crippen LogP contribution in [0.25, 0.3) is 11.5 Å². The summed E-state index contributed by atoms with van der Waals surface area (Å²) in [5.41, 5.74) is 3.19. The number of hydrogen-bond acceptors (Lipinski definition) is 5. The molecule has 0 amide bonds. The summed E-state index contributed by atoms with van der Waals surface area (Å²) < 4.78 is 5.75. The lowest BCUT2D eigenvalue weighted by Crippen LogP contribution is -2.14. The van der Waals surface area contributed by atoms with Gasteiger partial charge < -0.3 is 14.5 Å². The summed E-state index contributed by atoms with van der Waals surface area (Å²) >= 11 is 1.55. The number of rotatable bonds is 8. The van der Waals surface area contributed by atoms with Gasteiger partial charge in [-0.3, -0.25) is 0 Å². The second-order valence-electron chi connectivity index (χ2n) is 5.56. The van der Waals surface area contributed by atoms with E-state index in [1.54, 1.807) is 11.8 Å². The first kappa shape index (κ1) is 15.3. The lowest BCUT2D eigenvalue weighted by molar-refractivity contribution is -0.105. The molecule has 3 rings (SSSR count). The predicted octanol–water partition coefficient (Wildman–Crippen LogP) is 3.33. The summed E-state index contributed by atoms with van der Waals surface area (Å²) in [7, 11) is 0. The van der Waals surface area contributed by atoms with Crippen LogP contribution in [0.4, 0.5) is 0 Å². The molecule has 0 bridgehead atoms. The van der Waals surface area contributed by atoms with Crippen LogP contribution in [0.3, 0.4) is 0 Å². The average molecular weight is 316 g/mol. The van der Waals surface area contributed by atoms with E-state index in [0.29, 0.717) is 17.4 Å². The molecule has 1 aromatic carbocycles. The Morgan fingerprint density at radius 2 is 2.14 bits per heavy atom. The number of benzene rings is 1. The molecule has 1 aliphatic carbocycles. The molecule has 22 heavy (non-hydrogen) atoms. The summed E-state index contributed by atoms with van der Waals surface area (Å²) in [4.78, 5) is 14.9. The monoisotopic (exact) mass is 316 g/mol. The van der Waals surface area contributed by atoms with Gasteiger partial charge in [0.1, 0.15) is 12.0 Å². The van der Waals surface area contributed by atoms with Crippen molar-refractivity contribution in [3.63, 3.8) is 0 Å². The maximum absolute atomic E-state index is 10.4. The van der Waals surface area contributed by atoms with Crippen LogP contribution in [0, 0.1) is 6.92 Å². The van der Waals surface area contributed by atoms with E-state index in [4.69, 9.17) is 4.42 Å². The standard InChI is InChI=1S/C17H20N2O2S/c1-12-16(11-22-9-8-20)19-17(21-12)14-4-2-13(3-5-14)10-18-15-6-7-15/h2-5,8,15,18H,6-7,9-11H2,1H3. The summed E-state index contributed by atoms with van der Waals surface area (Å²) in [6.07, 6.45) is 3.52. The zero-order valence-corrected chi connectivity index (χ0v) is 13.5. The quantitative estimate of drug-likeness (QED) is 0.598. The number of thioether (sulfide) groups is 1. The number of aryl methyl sites for hydroxylation is 1. The molecule has 0 spiro atoms. The second-order valence-corrected chi connectivity index (χ2v) is 6.59. The van der Waals surface area contributed by atoms with Gasteiger partial charge in [-0.15, -0.1) is 11.8 Å². The molecule has 5 heteroatoms. The van der Waals surface area contributed by atoms with Gasteiger partial charge in [0.2, 0.25) is 5.89 Å². The highest BCUT2D eigenvalue weighted by atomic mass is 32.2. The maximum atomic E-state index is 10.4. The third kappa shape index (κ3) is 3.99. The molecule has 1 saturated carbocycles. The Hall–Kier alpha value is -1.59. The van der Waals surface area contributed by atoms with Crippen LogP contribution >= 0.6 is 11.8 Å². The van der Waals surface area contributed by atoms with Crippen LogP contribution < -0.4 is 5.32 Å². The zero-order chi connectivity index (χ0) is 15.4. The normalized spacial score (nSPS) is 14.2. The lowest BCUT2D eigenvalue weighted by atomic mass is 10.1. The third-order valence-corrected chi connectivity index (χ3v) is 4.54. The number of carbonyl (C=O) groups excluding carboxylic acids is 1. The van der Waals surface area contributed by atoms with Gasteiger partial charge in [-0.1, -0.05) is 12.1 Å². The van der Waals surface area contributed by atoms with E-state index < -0.39 is 0 Å². The lowest BCUT2D eigenvalue weighted by Gasteiger charge is -2.03. The summed E-state index contributed by atoms with van der Waals surface area (Å²) in [6.45, 7) is 2.84. The van der Waals surface area contributed by atoms with Crippen LogP contribution in [-0.4, -0.2) is 23.1 Å². The van der Waals surface area contributed by atoms with E-state index in [9.17, 15) is 4.79 Å². The van der Waals surface area contributed by atoms with Crippen molar-refractivity contribution in [3.8, 4) is 11.5 Å². The first-order valence-electron chi connectivity index (χ1n) is 7.56. The molecule has 0 saturated heterocycles. The predicted molar refractivity (Wildman–Crippen MR) is 88.8 cm³/mol. The van der Waals surface area contributed by atoms with Crippen molar-refractivity contribution in [1.82, 2.24) is 10.3 Å². The van der Waals surface area contributed by atoms with Crippen molar-refractivity contribution < 1.29 is 9.21 Å². The van der Waals surface area contributed by atoms with E-state index in [1.165, 1.54) is 18.4 Å². The zero-order valence-electron chi connectivity index (χ0n) is 12.7. The largest absolute Gasteiger partial charge is 0.441 e. The van der Waals surface area contributed by atoms with Gasteiger partial charge >= 0.3 is 0 Å². The fourth-order valence-electron chi connectivity index (χ4n) is 2.20. The van der Waals surface area contributed by atoms with Gasteiger partial charge in [0.15, 0.2) is 0 Å². The highest BCUT2D eigenvalue weighted by Crippen LogP contribution is 2.25. The van der Waals surface area contributed by atoms with Gasteiger partial charge in [-0.2, -0.15) is 0 Å². The minimum atomic E-state index is 0.490.